The predicted molar refractivity (Wildman–Crippen MR) is 155 cm³/mol. The molecule has 0 bridgehead atoms. The summed E-state index contributed by atoms with van der Waals surface area (Å²) < 4.78 is 0. The van der Waals surface area contributed by atoms with E-state index in [0.29, 0.717) is 38.5 Å². The van der Waals surface area contributed by atoms with Crippen LogP contribution in [0.4, 0.5) is 5.69 Å². The number of carbonyl (C=O) groups excluding carboxylic acids is 3. The van der Waals surface area contributed by atoms with Gasteiger partial charge < -0.3 is 19.6 Å². The summed E-state index contributed by atoms with van der Waals surface area (Å²) in [5, 5.41) is 0. The Labute approximate surface area is 238 Å². The fourth-order valence-electron chi connectivity index (χ4n) is 7.45. The highest BCUT2D eigenvalue weighted by Gasteiger charge is 2.54. The second-order valence-corrected chi connectivity index (χ2v) is 12.3. The van der Waals surface area contributed by atoms with Crippen LogP contribution in [0.25, 0.3) is 0 Å². The smallest absolute Gasteiger partial charge is 0.250 e. The zero-order valence-corrected chi connectivity index (χ0v) is 23.5. The highest BCUT2D eigenvalue weighted by atomic mass is 16.2. The first kappa shape index (κ1) is 26.9. The summed E-state index contributed by atoms with van der Waals surface area (Å²) in [5.41, 5.74) is 1.66. The van der Waals surface area contributed by atoms with Crippen LogP contribution in [0.5, 0.6) is 0 Å². The number of likely N-dealkylation sites (tertiary alicyclic amines) is 2. The van der Waals surface area contributed by atoms with Crippen molar-refractivity contribution in [3.05, 3.63) is 66.2 Å². The van der Waals surface area contributed by atoms with Gasteiger partial charge in [0.1, 0.15) is 12.1 Å². The van der Waals surface area contributed by atoms with Gasteiger partial charge >= 0.3 is 0 Å². The zero-order chi connectivity index (χ0) is 27.5. The van der Waals surface area contributed by atoms with Crippen LogP contribution in [-0.2, 0) is 20.8 Å². The number of hydrogen-bond donors (Lipinski definition) is 0. The van der Waals surface area contributed by atoms with Crippen LogP contribution >= 0.6 is 0 Å². The van der Waals surface area contributed by atoms with Crippen molar-refractivity contribution in [2.24, 2.45) is 11.8 Å². The van der Waals surface area contributed by atoms with Crippen LogP contribution in [0.1, 0.15) is 56.9 Å². The molecular formula is C33H42N4O3. The maximum absolute atomic E-state index is 14.1. The van der Waals surface area contributed by atoms with Gasteiger partial charge in [0.15, 0.2) is 0 Å². The van der Waals surface area contributed by atoms with Crippen LogP contribution in [0.2, 0.25) is 0 Å². The lowest BCUT2D eigenvalue weighted by Gasteiger charge is -2.43. The molecule has 0 radical (unpaired) electrons. The summed E-state index contributed by atoms with van der Waals surface area (Å²) in [4.78, 5) is 48.5. The molecular weight excluding hydrogens is 500 g/mol. The molecule has 1 aliphatic carbocycles. The molecule has 4 aliphatic rings. The lowest BCUT2D eigenvalue weighted by Crippen LogP contribution is -2.58. The molecule has 1 saturated carbocycles. The van der Waals surface area contributed by atoms with Crippen LogP contribution < -0.4 is 4.90 Å². The van der Waals surface area contributed by atoms with Crippen molar-refractivity contribution in [2.75, 3.05) is 44.3 Å². The standard InChI is InChI=1S/C33H42N4O3/c38-30(34-19-15-27(16-20-34)23-26-9-3-1-4-10-26)24-36-25-37(29-13-5-2-6-14-29)33(32(36)40)17-21-35(22-18-33)31(39)28-11-7-8-12-28/h1-6,9-10,13-14,27-28H,7-8,11-12,15-25H2. The van der Waals surface area contributed by atoms with Gasteiger partial charge in [-0.1, -0.05) is 61.4 Å². The molecule has 4 fully saturated rings. The largest absolute Gasteiger partial charge is 0.342 e. The molecule has 3 aliphatic heterocycles. The summed E-state index contributed by atoms with van der Waals surface area (Å²) >= 11 is 0. The SMILES string of the molecule is O=C(CN1CN(c2ccccc2)C2(CCN(C(=O)C3CCCC3)CC2)C1=O)N1CCC(Cc2ccccc2)CC1. The molecule has 0 unspecified atom stereocenters. The monoisotopic (exact) mass is 542 g/mol. The van der Waals surface area contributed by atoms with E-state index in [9.17, 15) is 14.4 Å². The number of carbonyl (C=O) groups is 3. The minimum atomic E-state index is -0.698. The molecule has 6 rings (SSSR count). The van der Waals surface area contributed by atoms with Gasteiger partial charge in [-0.2, -0.15) is 0 Å². The number of benzene rings is 2. The van der Waals surface area contributed by atoms with E-state index in [4.69, 9.17) is 0 Å². The molecule has 1 spiro atoms. The first-order valence-electron chi connectivity index (χ1n) is 15.3. The van der Waals surface area contributed by atoms with Crippen molar-refractivity contribution in [3.8, 4) is 0 Å². The molecule has 0 aromatic heterocycles. The van der Waals surface area contributed by atoms with Gasteiger partial charge in [0.25, 0.3) is 5.91 Å². The fraction of sp³-hybridized carbons (Fsp3) is 0.545. The molecule has 7 nitrogen and oxygen atoms in total. The number of hydrogen-bond acceptors (Lipinski definition) is 4. The van der Waals surface area contributed by atoms with Crippen molar-refractivity contribution >= 4 is 23.4 Å². The lowest BCUT2D eigenvalue weighted by atomic mass is 9.85. The summed E-state index contributed by atoms with van der Waals surface area (Å²) in [7, 11) is 0. The van der Waals surface area contributed by atoms with E-state index in [0.717, 1.165) is 63.7 Å². The second kappa shape index (κ2) is 11.6. The van der Waals surface area contributed by atoms with Gasteiger partial charge in [-0.3, -0.25) is 14.4 Å². The molecule has 3 amide bonds. The average Bonchev–Trinajstić information content (AvgIpc) is 3.63. The van der Waals surface area contributed by atoms with Crippen molar-refractivity contribution in [1.29, 1.82) is 0 Å². The lowest BCUT2D eigenvalue weighted by molar-refractivity contribution is -0.143. The molecule has 2 aromatic carbocycles. The number of nitrogens with zero attached hydrogens (tertiary/aromatic N) is 4. The summed E-state index contributed by atoms with van der Waals surface area (Å²) in [6.07, 6.45) is 8.54. The average molecular weight is 543 g/mol. The normalized spacial score (nSPS) is 21.9. The molecule has 3 heterocycles. The van der Waals surface area contributed by atoms with E-state index in [2.05, 4.69) is 29.2 Å². The minimum Gasteiger partial charge on any atom is -0.342 e. The predicted octanol–water partition coefficient (Wildman–Crippen LogP) is 4.33. The van der Waals surface area contributed by atoms with Gasteiger partial charge in [0.05, 0.1) is 6.67 Å². The maximum Gasteiger partial charge on any atom is 0.250 e. The van der Waals surface area contributed by atoms with Crippen molar-refractivity contribution in [3.63, 3.8) is 0 Å². The van der Waals surface area contributed by atoms with E-state index in [1.165, 1.54) is 5.56 Å². The highest BCUT2D eigenvalue weighted by molar-refractivity contribution is 5.96. The summed E-state index contributed by atoms with van der Waals surface area (Å²) in [6, 6.07) is 20.7. The van der Waals surface area contributed by atoms with Gasteiger partial charge in [-0.15, -0.1) is 0 Å². The van der Waals surface area contributed by atoms with Crippen LogP contribution in [0.15, 0.2) is 60.7 Å². The van der Waals surface area contributed by atoms with E-state index in [1.807, 2.05) is 46.2 Å². The zero-order valence-electron chi connectivity index (χ0n) is 23.5. The Hall–Kier alpha value is -3.35. The van der Waals surface area contributed by atoms with Crippen molar-refractivity contribution < 1.29 is 14.4 Å². The number of para-hydroxylation sites is 1. The topological polar surface area (TPSA) is 64.2 Å². The van der Waals surface area contributed by atoms with Gasteiger partial charge in [0, 0.05) is 37.8 Å². The Morgan fingerprint density at radius 3 is 2.05 bits per heavy atom. The van der Waals surface area contributed by atoms with Crippen molar-refractivity contribution in [1.82, 2.24) is 14.7 Å². The molecule has 0 N–H and O–H groups in total. The van der Waals surface area contributed by atoms with E-state index in [1.54, 1.807) is 4.90 Å². The van der Waals surface area contributed by atoms with Gasteiger partial charge in [0.2, 0.25) is 11.8 Å². The summed E-state index contributed by atoms with van der Waals surface area (Å²) in [5.74, 6) is 1.10. The van der Waals surface area contributed by atoms with Gasteiger partial charge in [-0.05, 0) is 68.6 Å². The Morgan fingerprint density at radius 2 is 1.40 bits per heavy atom. The number of anilines is 1. The Morgan fingerprint density at radius 1 is 0.775 bits per heavy atom. The highest BCUT2D eigenvalue weighted by Crippen LogP contribution is 2.40. The van der Waals surface area contributed by atoms with Crippen LogP contribution in [0, 0.1) is 11.8 Å². The molecule has 40 heavy (non-hydrogen) atoms. The summed E-state index contributed by atoms with van der Waals surface area (Å²) in [6.45, 7) is 3.24. The van der Waals surface area contributed by atoms with Crippen LogP contribution in [0.3, 0.4) is 0 Å². The Bertz CT molecular complexity index is 1180. The van der Waals surface area contributed by atoms with Crippen LogP contribution in [-0.4, -0.2) is 77.4 Å². The van der Waals surface area contributed by atoms with Crippen molar-refractivity contribution in [2.45, 2.75) is 63.3 Å². The molecule has 2 aromatic rings. The maximum atomic E-state index is 14.1. The first-order valence-corrected chi connectivity index (χ1v) is 15.3. The van der Waals surface area contributed by atoms with E-state index >= 15 is 0 Å². The molecule has 212 valence electrons. The third kappa shape index (κ3) is 5.35. The molecule has 3 saturated heterocycles. The van der Waals surface area contributed by atoms with Gasteiger partial charge in [-0.25, -0.2) is 0 Å². The number of piperidine rings is 2. The Kier molecular flexibility index (Phi) is 7.81. The Balaban J connectivity index is 1.10. The second-order valence-electron chi connectivity index (χ2n) is 12.3. The first-order chi connectivity index (χ1) is 19.5. The third-order valence-electron chi connectivity index (χ3n) is 9.85. The number of amides is 3. The fourth-order valence-corrected chi connectivity index (χ4v) is 7.45. The molecule has 0 atom stereocenters. The van der Waals surface area contributed by atoms with E-state index < -0.39 is 5.54 Å². The quantitative estimate of drug-likeness (QED) is 0.545. The minimum absolute atomic E-state index is 0.0385. The number of rotatable bonds is 6. The molecule has 7 heteroatoms. The third-order valence-corrected chi connectivity index (χ3v) is 9.85. The van der Waals surface area contributed by atoms with E-state index in [-0.39, 0.29) is 30.2 Å².